The Bertz CT molecular complexity index is 4020. The zero-order valence-corrected chi connectivity index (χ0v) is 59.2. The summed E-state index contributed by atoms with van der Waals surface area (Å²) < 4.78 is 5.77. The molecule has 15 atom stereocenters. The van der Waals surface area contributed by atoms with Crippen LogP contribution in [0.5, 0.6) is 0 Å². The number of aliphatic hydroxyl groups excluding tert-OH is 4. The number of ether oxygens (including phenoxy) is 1. The van der Waals surface area contributed by atoms with E-state index in [-0.39, 0.29) is 43.4 Å². The summed E-state index contributed by atoms with van der Waals surface area (Å²) in [6.07, 6.45) is -2.78. The summed E-state index contributed by atoms with van der Waals surface area (Å²) in [5, 5.41) is 81.7. The molecule has 562 valence electrons. The molecule has 2 aliphatic heterocycles. The number of H-pyrrole nitrogens is 1. The van der Waals surface area contributed by atoms with Crippen molar-refractivity contribution in [2.75, 3.05) is 13.1 Å². The predicted molar refractivity (Wildman–Crippen MR) is 381 cm³/mol. The number of aliphatic hydroxyl groups is 4. The first-order chi connectivity index (χ1) is 49.9. The number of fused-ring (bicyclic) bond motifs is 2. The number of carboxylic acids is 1. The molecule has 0 radical (unpaired) electrons. The number of nitrogens with zero attached hydrogens (tertiary/aromatic N) is 1. The van der Waals surface area contributed by atoms with Crippen molar-refractivity contribution in [1.29, 1.82) is 0 Å². The smallest absolute Gasteiger partial charge is 0.331 e. The largest absolute Gasteiger partial charge is 0.481 e. The predicted octanol–water partition coefficient (Wildman–Crippen LogP) is 0.0932. The molecule has 4 aromatic carbocycles. The molecule has 2 saturated heterocycles. The maximum absolute atomic E-state index is 15.0. The van der Waals surface area contributed by atoms with Crippen LogP contribution in [0.2, 0.25) is 0 Å². The molecule has 3 heterocycles. The van der Waals surface area contributed by atoms with Gasteiger partial charge in [-0.3, -0.25) is 57.5 Å². The van der Waals surface area contributed by atoms with Gasteiger partial charge in [-0.1, -0.05) is 143 Å². The fourth-order valence-electron chi connectivity index (χ4n) is 11.9. The molecule has 16 N–H and O–H groups in total. The van der Waals surface area contributed by atoms with Gasteiger partial charge in [0.1, 0.15) is 66.6 Å². The number of aromatic nitrogens is 1. The van der Waals surface area contributed by atoms with Crippen molar-refractivity contribution < 1.29 is 92.6 Å². The number of rotatable bonds is 16. The molecule has 0 spiro atoms. The number of cyclic esters (lactones) is 1. The van der Waals surface area contributed by atoms with Crippen molar-refractivity contribution in [3.05, 3.63) is 155 Å². The quantitative estimate of drug-likeness (QED) is 0.0460. The van der Waals surface area contributed by atoms with E-state index in [1.54, 1.807) is 93.6 Å². The number of carboxylic acid groups (broad SMARTS) is 1. The average molecular weight is 1450 g/mol. The number of aromatic amines is 1. The molecule has 31 nitrogen and oxygen atoms in total. The van der Waals surface area contributed by atoms with Crippen LogP contribution in [-0.4, -0.2) is 198 Å². The summed E-state index contributed by atoms with van der Waals surface area (Å²) in [5.74, 6) is -18.9. The average Bonchev–Trinajstić information content (AvgIpc) is 1.78. The first kappa shape index (κ1) is 81.2. The minimum absolute atomic E-state index is 0.0812. The fraction of sp³-hybridized carbons (Fsp3) is 0.419. The van der Waals surface area contributed by atoms with Gasteiger partial charge in [-0.15, -0.1) is 0 Å². The number of para-hydroxylation sites is 1. The summed E-state index contributed by atoms with van der Waals surface area (Å²) in [7, 11) is 0. The van der Waals surface area contributed by atoms with Gasteiger partial charge in [-0.25, -0.2) is 4.79 Å². The highest BCUT2D eigenvalue weighted by molar-refractivity contribution is 6.01. The minimum Gasteiger partial charge on any atom is -0.481 e. The topological polar surface area (TPSA) is 472 Å². The Morgan fingerprint density at radius 2 is 1.18 bits per heavy atom. The first-order valence-corrected chi connectivity index (χ1v) is 34.4. The Labute approximate surface area is 605 Å². The van der Waals surface area contributed by atoms with Crippen LogP contribution >= 0.6 is 0 Å². The lowest BCUT2D eigenvalue weighted by Crippen LogP contribution is -2.62. The number of allylic oxidation sites excluding steroid dienone is 1. The van der Waals surface area contributed by atoms with E-state index in [9.17, 15) is 83.1 Å². The van der Waals surface area contributed by atoms with E-state index in [0.717, 1.165) is 31.7 Å². The van der Waals surface area contributed by atoms with E-state index < -0.39 is 186 Å². The van der Waals surface area contributed by atoms with Gasteiger partial charge in [0.2, 0.25) is 65.3 Å². The summed E-state index contributed by atoms with van der Waals surface area (Å²) in [6.45, 7) is 10.2. The summed E-state index contributed by atoms with van der Waals surface area (Å²) in [4.78, 5) is 190. The van der Waals surface area contributed by atoms with Crippen molar-refractivity contribution in [2.24, 2.45) is 17.8 Å². The number of aliphatic carboxylic acids is 1. The molecular formula is C74H92N12O19. The monoisotopic (exact) mass is 1450 g/mol. The third kappa shape index (κ3) is 22.0. The van der Waals surface area contributed by atoms with Gasteiger partial charge >= 0.3 is 11.9 Å². The van der Waals surface area contributed by atoms with E-state index in [1.807, 2.05) is 0 Å². The molecule has 1 aromatic heterocycles. The Balaban J connectivity index is 1.29. The van der Waals surface area contributed by atoms with Crippen LogP contribution in [0.3, 0.4) is 0 Å². The van der Waals surface area contributed by atoms with Gasteiger partial charge in [0, 0.05) is 36.1 Å². The van der Waals surface area contributed by atoms with Gasteiger partial charge < -0.3 is 93.3 Å². The SMILES string of the molecule is CC=Cc1ccccc1C=CC(=O)NC1C(=O)NC(C)C(=O)NC(C(C)C(=O)O)C(=O)NCC(=O)NC(C(O)c2ccccc2)C(=O)N2CCCC2C(=O)NC(C(O)c2ccccc2)C(=O)NC(Cc2c[nH]c3ccccc23)C(=O)NC(O)C(=O)NC(CC(C)C)C(=O)NC(C(O)C(C)C)C(=O)OC1C. The maximum atomic E-state index is 15.0. The van der Waals surface area contributed by atoms with E-state index in [2.05, 4.69) is 58.2 Å². The normalized spacial score (nSPS) is 25.0. The van der Waals surface area contributed by atoms with Crippen LogP contribution in [0, 0.1) is 17.8 Å². The van der Waals surface area contributed by atoms with E-state index in [1.165, 1.54) is 74.7 Å². The van der Waals surface area contributed by atoms with Crippen molar-refractivity contribution in [3.63, 3.8) is 0 Å². The molecule has 2 fully saturated rings. The second kappa shape index (κ2) is 37.9. The third-order valence-corrected chi connectivity index (χ3v) is 17.8. The molecule has 0 aliphatic carbocycles. The van der Waals surface area contributed by atoms with E-state index in [0.29, 0.717) is 27.6 Å². The molecule has 0 bridgehead atoms. The first-order valence-electron chi connectivity index (χ1n) is 34.4. The molecule has 15 unspecified atom stereocenters. The van der Waals surface area contributed by atoms with Crippen molar-refractivity contribution in [3.8, 4) is 0 Å². The minimum atomic E-state index is -2.50. The van der Waals surface area contributed by atoms with Gasteiger partial charge in [0.25, 0.3) is 5.91 Å². The summed E-state index contributed by atoms with van der Waals surface area (Å²) >= 11 is 0. The standard InChI is InChI=1S/C74H92N12O19/c1-9-21-43-22-16-17-23-44(43)31-32-53(87)80-56-42(8)105-74(104)59(60(89)39(4)5)84-64(93)50(34-38(2)3)79-70(99)71(100)85-65(94)51(35-47-36-75-49-29-19-18-28-48(47)49)78-69(98)57(61(90)45-24-12-10-13-25-45)83-66(95)52-30-20-33-86(52)72(101)58(62(91)46-26-14-11-15-27-46)81-54(88)37-76-67(96)55(40(6)73(102)103)82-63(92)41(7)77-68(56)97/h9-19,21-29,31-32,36,38-42,50-52,55-62,71,75,89-91,100H,20,30,33-35,37H2,1-8H3,(H,76,96)(H,77,97)(H,78,98)(H,79,99)(H,80,87)(H,81,88)(H,82,92)(H,83,95)(H,84,93)(H,85,94)(H,102,103). The number of esters is 1. The number of nitrogens with one attached hydrogen (secondary N) is 11. The molecule has 0 saturated carbocycles. The number of carbonyl (C=O) groups excluding carboxylic acids is 12. The lowest BCUT2D eigenvalue weighted by atomic mass is 9.97. The lowest BCUT2D eigenvalue weighted by Gasteiger charge is -2.33. The Morgan fingerprint density at radius 3 is 1.80 bits per heavy atom. The zero-order valence-electron chi connectivity index (χ0n) is 59.2. The number of amides is 11. The van der Waals surface area contributed by atoms with Crippen molar-refractivity contribution >= 4 is 100.0 Å². The molecule has 2 aliphatic rings. The van der Waals surface area contributed by atoms with Crippen LogP contribution in [0.15, 0.2) is 128 Å². The zero-order chi connectivity index (χ0) is 76.9. The van der Waals surface area contributed by atoms with Gasteiger partial charge in [0.05, 0.1) is 18.6 Å². The van der Waals surface area contributed by atoms with Crippen LogP contribution in [-0.2, 0) is 73.5 Å². The molecule has 31 heteroatoms. The van der Waals surface area contributed by atoms with Crippen LogP contribution in [0.25, 0.3) is 23.1 Å². The fourth-order valence-corrected chi connectivity index (χ4v) is 11.9. The number of benzene rings is 4. The molecule has 7 rings (SSSR count). The molecule has 5 aromatic rings. The highest BCUT2D eigenvalue weighted by Crippen LogP contribution is 2.27. The highest BCUT2D eigenvalue weighted by atomic mass is 16.5. The van der Waals surface area contributed by atoms with Crippen LogP contribution in [0.1, 0.15) is 115 Å². The van der Waals surface area contributed by atoms with Crippen LogP contribution < -0.4 is 53.2 Å². The van der Waals surface area contributed by atoms with Crippen molar-refractivity contribution in [1.82, 2.24) is 63.1 Å². The maximum Gasteiger partial charge on any atom is 0.331 e. The number of hydrogen-bond acceptors (Lipinski definition) is 18. The number of hydrogen-bond donors (Lipinski definition) is 16. The van der Waals surface area contributed by atoms with Crippen molar-refractivity contribution in [2.45, 2.75) is 166 Å². The highest BCUT2D eigenvalue weighted by Gasteiger charge is 2.45. The summed E-state index contributed by atoms with van der Waals surface area (Å²) in [6, 6.07) is 12.4. The lowest BCUT2D eigenvalue weighted by molar-refractivity contribution is -0.160. The number of carbonyl (C=O) groups is 13. The van der Waals surface area contributed by atoms with Gasteiger partial charge in [-0.2, -0.15) is 0 Å². The Morgan fingerprint density at radius 1 is 0.610 bits per heavy atom. The second-order valence-electron chi connectivity index (χ2n) is 26.5. The molecular weight excluding hydrogens is 1360 g/mol. The molecule has 11 amide bonds. The van der Waals surface area contributed by atoms with Gasteiger partial charge in [0.15, 0.2) is 6.04 Å². The van der Waals surface area contributed by atoms with Crippen LogP contribution in [0.4, 0.5) is 0 Å². The third-order valence-electron chi connectivity index (χ3n) is 17.8. The summed E-state index contributed by atoms with van der Waals surface area (Å²) in [5.41, 5.74) is 2.46. The Hall–Kier alpha value is -11.2. The van der Waals surface area contributed by atoms with E-state index in [4.69, 9.17) is 4.74 Å². The van der Waals surface area contributed by atoms with E-state index >= 15 is 4.79 Å². The Kier molecular flexibility index (Phi) is 29.3. The van der Waals surface area contributed by atoms with Gasteiger partial charge in [-0.05, 0) is 98.8 Å². The second-order valence-corrected chi connectivity index (χ2v) is 26.5. The molecule has 105 heavy (non-hydrogen) atoms.